The number of anilines is 1. The lowest BCUT2D eigenvalue weighted by molar-refractivity contribution is -0.0446. The summed E-state index contributed by atoms with van der Waals surface area (Å²) in [5, 5.41) is 0. The van der Waals surface area contributed by atoms with Crippen molar-refractivity contribution in [3.63, 3.8) is 0 Å². The third-order valence-corrected chi connectivity index (χ3v) is 7.34. The van der Waals surface area contributed by atoms with E-state index in [1.54, 1.807) is 24.3 Å². The lowest BCUT2D eigenvalue weighted by atomic mass is 10.0. The first-order valence-corrected chi connectivity index (χ1v) is 14.0. The number of carbonyl (C=O) groups excluding carboxylic acids is 1. The molecule has 3 aromatic carbocycles. The Labute approximate surface area is 230 Å². The first kappa shape index (κ1) is 28.9. The fraction of sp³-hybridized carbons (Fsp3) is 0.286. The molecule has 4 aromatic rings. The van der Waals surface area contributed by atoms with Gasteiger partial charge in [-0.2, -0.15) is 21.6 Å². The highest BCUT2D eigenvalue weighted by atomic mass is 32.2. The van der Waals surface area contributed by atoms with E-state index in [0.717, 1.165) is 52.1 Å². The summed E-state index contributed by atoms with van der Waals surface area (Å²) in [7, 11) is -1.92. The minimum absolute atomic E-state index is 0.0937. The first-order valence-electron chi connectivity index (χ1n) is 12.6. The van der Waals surface area contributed by atoms with Crippen molar-refractivity contribution in [1.29, 1.82) is 0 Å². The molecule has 212 valence electrons. The van der Waals surface area contributed by atoms with Crippen LogP contribution in [0.4, 0.5) is 23.7 Å². The highest BCUT2D eigenvalue weighted by Crippen LogP contribution is 2.31. The lowest BCUT2D eigenvalue weighted by Crippen LogP contribution is -2.41. The van der Waals surface area contributed by atoms with Gasteiger partial charge >= 0.3 is 21.6 Å². The van der Waals surface area contributed by atoms with Crippen LogP contribution in [0, 0.1) is 0 Å². The smallest absolute Gasteiger partial charge is 0.409 e. The zero-order valence-corrected chi connectivity index (χ0v) is 23.0. The van der Waals surface area contributed by atoms with Gasteiger partial charge in [0.25, 0.3) is 0 Å². The van der Waals surface area contributed by atoms with E-state index < -0.39 is 21.6 Å². The van der Waals surface area contributed by atoms with Crippen molar-refractivity contribution >= 4 is 32.8 Å². The average Bonchev–Trinajstić information content (AvgIpc) is 3.23. The van der Waals surface area contributed by atoms with Crippen LogP contribution in [0.5, 0.6) is 5.75 Å². The van der Waals surface area contributed by atoms with Crippen LogP contribution in [0.3, 0.4) is 0 Å². The molecule has 40 heavy (non-hydrogen) atoms. The zero-order valence-electron chi connectivity index (χ0n) is 22.2. The van der Waals surface area contributed by atoms with Crippen LogP contribution >= 0.6 is 0 Å². The monoisotopic (exact) mass is 574 g/mol. The van der Waals surface area contributed by atoms with E-state index >= 15 is 0 Å². The number of imidazole rings is 1. The van der Waals surface area contributed by atoms with Crippen LogP contribution in [0.15, 0.2) is 66.7 Å². The number of rotatable bonds is 9. The van der Waals surface area contributed by atoms with Gasteiger partial charge in [0, 0.05) is 38.3 Å². The molecule has 0 atom stereocenters. The molecule has 0 saturated heterocycles. The topological polar surface area (TPSA) is 93.5 Å². The van der Waals surface area contributed by atoms with E-state index in [0.29, 0.717) is 17.7 Å². The molecule has 0 unspecified atom stereocenters. The molecule has 0 fully saturated rings. The van der Waals surface area contributed by atoms with Crippen LogP contribution in [0.25, 0.3) is 22.2 Å². The molecule has 12 heteroatoms. The SMILES string of the molecule is CCCCc1nc2ccc(N(C)C)cc2n1Cc1ccc(-c2ccccc2OC(=O)NS(=O)(=O)C(F)(F)F)cc1. The molecular formula is C28H29F3N4O4S. The second-order valence-electron chi connectivity index (χ2n) is 9.42. The van der Waals surface area contributed by atoms with E-state index in [1.165, 1.54) is 12.1 Å². The molecule has 1 N–H and O–H groups in total. The number of aromatic nitrogens is 2. The van der Waals surface area contributed by atoms with E-state index in [9.17, 15) is 26.4 Å². The van der Waals surface area contributed by atoms with E-state index in [-0.39, 0.29) is 5.75 Å². The molecule has 4 rings (SSSR count). The predicted octanol–water partition coefficient (Wildman–Crippen LogP) is 6.10. The molecule has 0 radical (unpaired) electrons. The highest BCUT2D eigenvalue weighted by molar-refractivity contribution is 7.90. The van der Waals surface area contributed by atoms with Crippen molar-refractivity contribution in [2.45, 2.75) is 38.2 Å². The summed E-state index contributed by atoms with van der Waals surface area (Å²) in [4.78, 5) is 18.9. The van der Waals surface area contributed by atoms with Gasteiger partial charge < -0.3 is 14.2 Å². The number of nitrogens with one attached hydrogen (secondary N) is 1. The fourth-order valence-corrected chi connectivity index (χ4v) is 4.57. The van der Waals surface area contributed by atoms with Crippen LogP contribution < -0.4 is 14.4 Å². The Bertz CT molecular complexity index is 1620. The summed E-state index contributed by atoms with van der Waals surface area (Å²) in [5.41, 5.74) is -0.612. The predicted molar refractivity (Wildman–Crippen MR) is 148 cm³/mol. The molecular weight excluding hydrogens is 545 g/mol. The van der Waals surface area contributed by atoms with Crippen molar-refractivity contribution in [2.75, 3.05) is 19.0 Å². The number of fused-ring (bicyclic) bond motifs is 1. The number of halogens is 3. The average molecular weight is 575 g/mol. The van der Waals surface area contributed by atoms with Crippen molar-refractivity contribution in [1.82, 2.24) is 14.3 Å². The number of carbonyl (C=O) groups is 1. The quantitative estimate of drug-likeness (QED) is 0.260. The number of hydrogen-bond donors (Lipinski definition) is 1. The number of nitrogens with zero attached hydrogens (tertiary/aromatic N) is 3. The molecule has 8 nitrogen and oxygen atoms in total. The van der Waals surface area contributed by atoms with E-state index in [1.807, 2.05) is 43.3 Å². The number of aryl methyl sites for hydroxylation is 1. The highest BCUT2D eigenvalue weighted by Gasteiger charge is 2.47. The number of ether oxygens (including phenoxy) is 1. The summed E-state index contributed by atoms with van der Waals surface area (Å²) >= 11 is 0. The second kappa shape index (κ2) is 11.6. The Hall–Kier alpha value is -4.06. The van der Waals surface area contributed by atoms with E-state index in [4.69, 9.17) is 9.72 Å². The van der Waals surface area contributed by atoms with Crippen LogP contribution in [0.1, 0.15) is 31.2 Å². The maximum absolute atomic E-state index is 12.6. The number of alkyl halides is 3. The Morgan fingerprint density at radius 2 is 1.75 bits per heavy atom. The standard InChI is InChI=1S/C28H29F3N4O4S/c1-4-5-10-26-32-23-16-15-21(34(2)3)17-24(23)35(26)18-19-11-13-20(14-12-19)22-8-6-7-9-25(22)39-27(36)33-40(37,38)28(29,30)31/h6-9,11-17H,4-5,10,18H2,1-3H3,(H,33,36). The lowest BCUT2D eigenvalue weighted by Gasteiger charge is -2.14. The molecule has 1 amide bonds. The van der Waals surface area contributed by atoms with Gasteiger partial charge in [0.2, 0.25) is 0 Å². The molecule has 0 bridgehead atoms. The molecule has 0 spiro atoms. The van der Waals surface area contributed by atoms with Crippen LogP contribution in [-0.2, 0) is 23.0 Å². The third-order valence-electron chi connectivity index (χ3n) is 6.30. The normalized spacial score (nSPS) is 11.9. The summed E-state index contributed by atoms with van der Waals surface area (Å²) < 4.78 is 68.3. The summed E-state index contributed by atoms with van der Waals surface area (Å²) in [6.07, 6.45) is 1.14. The number of unbranched alkanes of at least 4 members (excludes halogenated alkanes) is 1. The largest absolute Gasteiger partial charge is 0.516 e. The maximum atomic E-state index is 12.6. The number of para-hydroxylation sites is 1. The number of hydrogen-bond acceptors (Lipinski definition) is 6. The minimum Gasteiger partial charge on any atom is -0.409 e. The maximum Gasteiger partial charge on any atom is 0.516 e. The fourth-order valence-electron chi connectivity index (χ4n) is 4.20. The molecule has 0 aliphatic carbocycles. The molecule has 1 aromatic heterocycles. The number of amides is 1. The first-order chi connectivity index (χ1) is 18.9. The summed E-state index contributed by atoms with van der Waals surface area (Å²) in [6.45, 7) is 2.71. The van der Waals surface area contributed by atoms with Gasteiger partial charge in [-0.05, 0) is 41.8 Å². The third kappa shape index (κ3) is 6.39. The van der Waals surface area contributed by atoms with Gasteiger partial charge in [0.05, 0.1) is 11.0 Å². The molecule has 1 heterocycles. The Morgan fingerprint density at radius 3 is 2.40 bits per heavy atom. The Morgan fingerprint density at radius 1 is 1.05 bits per heavy atom. The van der Waals surface area contributed by atoms with Gasteiger partial charge in [-0.25, -0.2) is 14.5 Å². The summed E-state index contributed by atoms with van der Waals surface area (Å²) in [5.74, 6) is 0.902. The van der Waals surface area contributed by atoms with Gasteiger partial charge in [0.15, 0.2) is 0 Å². The second-order valence-corrected chi connectivity index (χ2v) is 11.1. The van der Waals surface area contributed by atoms with Gasteiger partial charge in [0.1, 0.15) is 11.6 Å². The van der Waals surface area contributed by atoms with Gasteiger partial charge in [-0.1, -0.05) is 55.8 Å². The van der Waals surface area contributed by atoms with Crippen molar-refractivity contribution in [3.8, 4) is 16.9 Å². The number of benzene rings is 3. The minimum atomic E-state index is -5.89. The van der Waals surface area contributed by atoms with Crippen LogP contribution in [-0.4, -0.2) is 43.7 Å². The van der Waals surface area contributed by atoms with Crippen LogP contribution in [0.2, 0.25) is 0 Å². The van der Waals surface area contributed by atoms with Crippen molar-refractivity contribution in [2.24, 2.45) is 0 Å². The summed E-state index contributed by atoms with van der Waals surface area (Å²) in [6, 6.07) is 19.8. The molecule has 0 saturated carbocycles. The van der Waals surface area contributed by atoms with Crippen molar-refractivity contribution in [3.05, 3.63) is 78.1 Å². The van der Waals surface area contributed by atoms with E-state index in [2.05, 4.69) is 17.6 Å². The Balaban J connectivity index is 1.59. The Kier molecular flexibility index (Phi) is 8.38. The van der Waals surface area contributed by atoms with Gasteiger partial charge in [-0.15, -0.1) is 0 Å². The molecule has 0 aliphatic heterocycles. The molecule has 0 aliphatic rings. The zero-order chi connectivity index (χ0) is 29.1. The van der Waals surface area contributed by atoms with Gasteiger partial charge in [-0.3, -0.25) is 0 Å². The van der Waals surface area contributed by atoms with Crippen molar-refractivity contribution < 1.29 is 31.1 Å². The number of sulfonamides is 1.